The van der Waals surface area contributed by atoms with Crippen LogP contribution in [0.1, 0.15) is 26.2 Å². The van der Waals surface area contributed by atoms with E-state index in [9.17, 15) is 8.42 Å². The second kappa shape index (κ2) is 3.97. The molecule has 0 bridgehead atoms. The van der Waals surface area contributed by atoms with Crippen LogP contribution in [0, 0.1) is 5.92 Å². The van der Waals surface area contributed by atoms with Crippen LogP contribution in [0.2, 0.25) is 0 Å². The fraction of sp³-hybridized carbons (Fsp3) is 0.500. The van der Waals surface area contributed by atoms with Crippen LogP contribution in [-0.4, -0.2) is 13.7 Å². The largest absolute Gasteiger partial charge is 0.223 e. The van der Waals surface area contributed by atoms with E-state index in [1.807, 2.05) is 13.0 Å². The lowest BCUT2D eigenvalue weighted by Gasteiger charge is -2.15. The van der Waals surface area contributed by atoms with E-state index in [4.69, 9.17) is 0 Å². The summed E-state index contributed by atoms with van der Waals surface area (Å²) in [4.78, 5) is 0.476. The Morgan fingerprint density at radius 3 is 2.33 bits per heavy atom. The second-order valence-corrected chi connectivity index (χ2v) is 6.47. The minimum atomic E-state index is -3.09. The van der Waals surface area contributed by atoms with Gasteiger partial charge in [0, 0.05) is 0 Å². The predicted molar refractivity (Wildman–Crippen MR) is 60.4 cm³/mol. The molecule has 0 radical (unpaired) electrons. The van der Waals surface area contributed by atoms with Gasteiger partial charge in [-0.3, -0.25) is 0 Å². The molecule has 2 nitrogen and oxygen atoms in total. The molecule has 0 amide bonds. The molecule has 1 aromatic carbocycles. The Hall–Kier alpha value is -0.830. The van der Waals surface area contributed by atoms with Crippen molar-refractivity contribution in [3.63, 3.8) is 0 Å². The second-order valence-electron chi connectivity index (χ2n) is 4.30. The molecule has 1 aliphatic rings. The van der Waals surface area contributed by atoms with E-state index in [1.165, 1.54) is 0 Å². The lowest BCUT2D eigenvalue weighted by atomic mass is 10.1. The number of benzene rings is 1. The highest BCUT2D eigenvalue weighted by Crippen LogP contribution is 2.33. The molecule has 3 heteroatoms. The molecule has 0 N–H and O–H groups in total. The van der Waals surface area contributed by atoms with Crippen molar-refractivity contribution in [2.75, 3.05) is 0 Å². The van der Waals surface area contributed by atoms with Crippen molar-refractivity contribution in [2.24, 2.45) is 5.92 Å². The molecule has 0 saturated heterocycles. The Bertz CT molecular complexity index is 422. The van der Waals surface area contributed by atoms with Gasteiger partial charge in [0.1, 0.15) is 0 Å². The number of hydrogen-bond acceptors (Lipinski definition) is 2. The van der Waals surface area contributed by atoms with Crippen molar-refractivity contribution in [3.8, 4) is 0 Å². The van der Waals surface area contributed by atoms with Crippen molar-refractivity contribution < 1.29 is 8.42 Å². The van der Waals surface area contributed by atoms with E-state index >= 15 is 0 Å². The third-order valence-electron chi connectivity index (χ3n) is 3.25. The molecule has 15 heavy (non-hydrogen) atoms. The molecule has 1 aliphatic carbocycles. The molecule has 0 spiro atoms. The van der Waals surface area contributed by atoms with Crippen molar-refractivity contribution in [2.45, 2.75) is 36.3 Å². The summed E-state index contributed by atoms with van der Waals surface area (Å²) in [6.07, 6.45) is 2.90. The first-order valence-corrected chi connectivity index (χ1v) is 6.96. The van der Waals surface area contributed by atoms with E-state index in [0.717, 1.165) is 19.3 Å². The van der Waals surface area contributed by atoms with Gasteiger partial charge in [0.15, 0.2) is 9.84 Å². The summed E-state index contributed by atoms with van der Waals surface area (Å²) in [7, 11) is -3.09. The number of sulfone groups is 1. The molecule has 1 fully saturated rings. The number of hydrogen-bond donors (Lipinski definition) is 0. The van der Waals surface area contributed by atoms with Gasteiger partial charge in [0.05, 0.1) is 10.1 Å². The zero-order valence-electron chi connectivity index (χ0n) is 8.89. The topological polar surface area (TPSA) is 34.1 Å². The fourth-order valence-electron chi connectivity index (χ4n) is 2.36. The van der Waals surface area contributed by atoms with Crippen LogP contribution >= 0.6 is 0 Å². The van der Waals surface area contributed by atoms with Gasteiger partial charge >= 0.3 is 0 Å². The SMILES string of the molecule is C[C@@H]1CCC[C@H]1S(=O)(=O)c1ccccc1. The average Bonchev–Trinajstić information content (AvgIpc) is 2.66. The van der Waals surface area contributed by atoms with Crippen LogP contribution in [0.5, 0.6) is 0 Å². The van der Waals surface area contributed by atoms with Crippen molar-refractivity contribution in [3.05, 3.63) is 30.3 Å². The summed E-state index contributed by atoms with van der Waals surface area (Å²) in [6, 6.07) is 8.80. The summed E-state index contributed by atoms with van der Waals surface area (Å²) in [5.74, 6) is 0.301. The zero-order chi connectivity index (χ0) is 10.9. The molecule has 2 rings (SSSR count). The molecule has 82 valence electrons. The molecule has 2 atom stereocenters. The van der Waals surface area contributed by atoms with Gasteiger partial charge in [-0.1, -0.05) is 31.5 Å². The van der Waals surface area contributed by atoms with E-state index in [1.54, 1.807) is 24.3 Å². The lowest BCUT2D eigenvalue weighted by Crippen LogP contribution is -2.23. The monoisotopic (exact) mass is 224 g/mol. The van der Waals surface area contributed by atoms with Crippen LogP contribution < -0.4 is 0 Å². The normalized spacial score (nSPS) is 26.7. The van der Waals surface area contributed by atoms with E-state index in [-0.39, 0.29) is 5.25 Å². The maximum absolute atomic E-state index is 12.2. The van der Waals surface area contributed by atoms with Gasteiger partial charge in [-0.15, -0.1) is 0 Å². The van der Waals surface area contributed by atoms with Gasteiger partial charge in [-0.2, -0.15) is 0 Å². The minimum Gasteiger partial charge on any atom is -0.223 e. The van der Waals surface area contributed by atoms with Crippen molar-refractivity contribution in [1.29, 1.82) is 0 Å². The Labute approximate surface area is 91.2 Å². The Balaban J connectivity index is 2.35. The van der Waals surface area contributed by atoms with Gasteiger partial charge < -0.3 is 0 Å². The van der Waals surface area contributed by atoms with Gasteiger partial charge in [0.25, 0.3) is 0 Å². The molecular formula is C12H16O2S. The predicted octanol–water partition coefficient (Wildman–Crippen LogP) is 2.65. The zero-order valence-corrected chi connectivity index (χ0v) is 9.70. The first kappa shape index (κ1) is 10.7. The van der Waals surface area contributed by atoms with Crippen LogP contribution in [0.25, 0.3) is 0 Å². The first-order valence-electron chi connectivity index (χ1n) is 5.41. The summed E-state index contributed by atoms with van der Waals surface area (Å²) in [6.45, 7) is 2.04. The molecule has 0 aliphatic heterocycles. The van der Waals surface area contributed by atoms with E-state index in [2.05, 4.69) is 0 Å². The molecule has 0 unspecified atom stereocenters. The Kier molecular flexibility index (Phi) is 2.83. The maximum Gasteiger partial charge on any atom is 0.181 e. The Morgan fingerprint density at radius 2 is 1.80 bits per heavy atom. The van der Waals surface area contributed by atoms with Crippen LogP contribution in [0.4, 0.5) is 0 Å². The number of rotatable bonds is 2. The highest BCUT2D eigenvalue weighted by atomic mass is 32.2. The van der Waals surface area contributed by atoms with Gasteiger partial charge in [0.2, 0.25) is 0 Å². The molecule has 0 heterocycles. The van der Waals surface area contributed by atoms with E-state index in [0.29, 0.717) is 10.8 Å². The van der Waals surface area contributed by atoms with Crippen LogP contribution in [0.15, 0.2) is 35.2 Å². The molecule has 1 aromatic rings. The summed E-state index contributed by atoms with van der Waals surface area (Å²) in [5.41, 5.74) is 0. The highest BCUT2D eigenvalue weighted by molar-refractivity contribution is 7.92. The Morgan fingerprint density at radius 1 is 1.13 bits per heavy atom. The summed E-state index contributed by atoms with van der Waals surface area (Å²) < 4.78 is 24.5. The smallest absolute Gasteiger partial charge is 0.181 e. The first-order chi connectivity index (χ1) is 7.12. The van der Waals surface area contributed by atoms with Crippen molar-refractivity contribution in [1.82, 2.24) is 0 Å². The van der Waals surface area contributed by atoms with Crippen molar-refractivity contribution >= 4 is 9.84 Å². The van der Waals surface area contributed by atoms with Gasteiger partial charge in [-0.25, -0.2) is 8.42 Å². The fourth-order valence-corrected chi connectivity index (χ4v) is 4.47. The average molecular weight is 224 g/mol. The molecule has 0 aromatic heterocycles. The summed E-state index contributed by atoms with van der Waals surface area (Å²) >= 11 is 0. The highest BCUT2D eigenvalue weighted by Gasteiger charge is 2.35. The van der Waals surface area contributed by atoms with Crippen LogP contribution in [-0.2, 0) is 9.84 Å². The van der Waals surface area contributed by atoms with Gasteiger partial charge in [-0.05, 0) is 30.9 Å². The van der Waals surface area contributed by atoms with Crippen LogP contribution in [0.3, 0.4) is 0 Å². The third-order valence-corrected chi connectivity index (χ3v) is 5.68. The maximum atomic E-state index is 12.2. The standard InChI is InChI=1S/C12H16O2S/c1-10-6-5-9-12(10)15(13,14)11-7-3-2-4-8-11/h2-4,7-8,10,12H,5-6,9H2,1H3/t10-,12-/m1/s1. The minimum absolute atomic E-state index is 0.167. The third kappa shape index (κ3) is 1.93. The molecule has 1 saturated carbocycles. The lowest BCUT2D eigenvalue weighted by molar-refractivity contribution is 0.545. The quantitative estimate of drug-likeness (QED) is 0.774. The van der Waals surface area contributed by atoms with E-state index < -0.39 is 9.84 Å². The molecular weight excluding hydrogens is 208 g/mol. The summed E-state index contributed by atoms with van der Waals surface area (Å²) in [5, 5.41) is -0.167.